The van der Waals surface area contributed by atoms with Crippen LogP contribution in [0.15, 0.2) is 60.9 Å². The van der Waals surface area contributed by atoms with Crippen molar-refractivity contribution in [1.29, 1.82) is 0 Å². The van der Waals surface area contributed by atoms with E-state index in [-0.39, 0.29) is 18.0 Å². The van der Waals surface area contributed by atoms with Crippen LogP contribution in [0.5, 0.6) is 0 Å². The minimum Gasteiger partial charge on any atom is -0.457 e. The largest absolute Gasteiger partial charge is 0.457 e. The monoisotopic (exact) mass is 430 g/mol. The van der Waals surface area contributed by atoms with Crippen LogP contribution in [0.1, 0.15) is 70.6 Å². The molecule has 0 aliphatic carbocycles. The lowest BCUT2D eigenvalue weighted by Gasteiger charge is -2.17. The molecule has 0 unspecified atom stereocenters. The van der Waals surface area contributed by atoms with E-state index >= 15 is 0 Å². The first kappa shape index (κ1) is 23.6. The van der Waals surface area contributed by atoms with Gasteiger partial charge in [0.2, 0.25) is 0 Å². The fraction of sp³-hybridized carbons (Fsp3) is 0.393. The molecular weight excluding hydrogens is 396 g/mol. The zero-order valence-electron chi connectivity index (χ0n) is 19.7. The zero-order chi connectivity index (χ0) is 22.9. The number of ether oxygens (including phenoxy) is 1. The maximum Gasteiger partial charge on any atom is 0.309 e. The molecule has 168 valence electrons. The van der Waals surface area contributed by atoms with Gasteiger partial charge >= 0.3 is 5.97 Å². The van der Waals surface area contributed by atoms with E-state index in [9.17, 15) is 4.79 Å². The van der Waals surface area contributed by atoms with Crippen molar-refractivity contribution in [2.45, 2.75) is 65.9 Å². The van der Waals surface area contributed by atoms with Gasteiger partial charge in [0.1, 0.15) is 6.10 Å². The molecule has 0 amide bonds. The molecule has 0 radical (unpaired) electrons. The van der Waals surface area contributed by atoms with Crippen LogP contribution in [-0.2, 0) is 16.0 Å². The SMILES string of the molecule is CCCC[C@H](C)C(=O)O[C@@H](C)c1cnc(-c2ccc(-c3ccccc3)c(CCC)c2)nc1. The van der Waals surface area contributed by atoms with E-state index in [0.29, 0.717) is 5.82 Å². The van der Waals surface area contributed by atoms with Crippen molar-refractivity contribution < 1.29 is 9.53 Å². The van der Waals surface area contributed by atoms with Gasteiger partial charge in [0.05, 0.1) is 5.92 Å². The molecule has 1 heterocycles. The van der Waals surface area contributed by atoms with Crippen LogP contribution in [-0.4, -0.2) is 15.9 Å². The van der Waals surface area contributed by atoms with Crippen LogP contribution in [0.4, 0.5) is 0 Å². The smallest absolute Gasteiger partial charge is 0.309 e. The van der Waals surface area contributed by atoms with Crippen molar-refractivity contribution in [1.82, 2.24) is 9.97 Å². The summed E-state index contributed by atoms with van der Waals surface area (Å²) < 4.78 is 5.64. The van der Waals surface area contributed by atoms with Gasteiger partial charge in [-0.15, -0.1) is 0 Å². The van der Waals surface area contributed by atoms with Crippen LogP contribution in [0.25, 0.3) is 22.5 Å². The third-order valence-corrected chi connectivity index (χ3v) is 5.79. The molecule has 4 nitrogen and oxygen atoms in total. The summed E-state index contributed by atoms with van der Waals surface area (Å²) in [5.41, 5.74) is 5.58. The average Bonchev–Trinajstić information content (AvgIpc) is 2.83. The van der Waals surface area contributed by atoms with Crippen LogP contribution in [0.3, 0.4) is 0 Å². The molecule has 4 heteroatoms. The summed E-state index contributed by atoms with van der Waals surface area (Å²) in [6.07, 6.45) is 8.21. The van der Waals surface area contributed by atoms with E-state index in [2.05, 4.69) is 66.3 Å². The standard InChI is InChI=1S/C28H34N2O2/c1-5-7-12-20(3)28(31)32-21(4)25-18-29-27(30-19-25)24-15-16-26(23(17-24)11-6-2)22-13-9-8-10-14-22/h8-10,13-21H,5-7,11-12H2,1-4H3/t20-,21-/m0/s1. The fourth-order valence-corrected chi connectivity index (χ4v) is 3.79. The van der Waals surface area contributed by atoms with Gasteiger partial charge in [0, 0.05) is 23.5 Å². The minimum absolute atomic E-state index is 0.0855. The molecule has 32 heavy (non-hydrogen) atoms. The fourth-order valence-electron chi connectivity index (χ4n) is 3.79. The lowest BCUT2D eigenvalue weighted by molar-refractivity contribution is -0.153. The van der Waals surface area contributed by atoms with Gasteiger partial charge < -0.3 is 4.74 Å². The van der Waals surface area contributed by atoms with Gasteiger partial charge in [-0.05, 0) is 42.5 Å². The summed E-state index contributed by atoms with van der Waals surface area (Å²) in [7, 11) is 0. The zero-order valence-corrected chi connectivity index (χ0v) is 19.7. The van der Waals surface area contributed by atoms with Gasteiger partial charge in [-0.1, -0.05) is 82.5 Å². The lowest BCUT2D eigenvalue weighted by Crippen LogP contribution is -2.17. The Kier molecular flexibility index (Phi) is 8.55. The minimum atomic E-state index is -0.364. The first-order chi connectivity index (χ1) is 15.5. The van der Waals surface area contributed by atoms with Crippen molar-refractivity contribution in [3.05, 3.63) is 72.1 Å². The number of aryl methyl sites for hydroxylation is 1. The Morgan fingerprint density at radius 2 is 1.66 bits per heavy atom. The number of rotatable bonds is 10. The topological polar surface area (TPSA) is 52.1 Å². The maximum absolute atomic E-state index is 12.3. The number of benzene rings is 2. The van der Waals surface area contributed by atoms with E-state index in [1.54, 1.807) is 12.4 Å². The lowest BCUT2D eigenvalue weighted by atomic mass is 9.94. The van der Waals surface area contributed by atoms with Crippen molar-refractivity contribution in [2.75, 3.05) is 0 Å². The molecule has 0 aliphatic heterocycles. The average molecular weight is 431 g/mol. The number of aromatic nitrogens is 2. The first-order valence-corrected chi connectivity index (χ1v) is 11.7. The molecule has 0 bridgehead atoms. The Morgan fingerprint density at radius 1 is 0.938 bits per heavy atom. The van der Waals surface area contributed by atoms with Gasteiger partial charge in [-0.2, -0.15) is 0 Å². The molecule has 3 aromatic rings. The summed E-state index contributed by atoms with van der Waals surface area (Å²) in [6.45, 7) is 8.12. The molecule has 3 rings (SSSR count). The van der Waals surface area contributed by atoms with E-state index in [4.69, 9.17) is 4.74 Å². The highest BCUT2D eigenvalue weighted by molar-refractivity contribution is 5.72. The Labute approximate surface area is 192 Å². The number of nitrogens with zero attached hydrogens (tertiary/aromatic N) is 2. The van der Waals surface area contributed by atoms with Crippen molar-refractivity contribution >= 4 is 5.97 Å². The second kappa shape index (κ2) is 11.6. The number of hydrogen-bond donors (Lipinski definition) is 0. The van der Waals surface area contributed by atoms with Gasteiger partial charge in [-0.25, -0.2) is 9.97 Å². The molecule has 2 aromatic carbocycles. The predicted molar refractivity (Wildman–Crippen MR) is 130 cm³/mol. The molecular formula is C28H34N2O2. The number of carbonyl (C=O) groups is 1. The van der Waals surface area contributed by atoms with Crippen molar-refractivity contribution in [2.24, 2.45) is 5.92 Å². The highest BCUT2D eigenvalue weighted by Crippen LogP contribution is 2.29. The Morgan fingerprint density at radius 3 is 2.31 bits per heavy atom. The number of esters is 1. The second-order valence-electron chi connectivity index (χ2n) is 8.45. The summed E-state index contributed by atoms with van der Waals surface area (Å²) in [5, 5.41) is 0. The van der Waals surface area contributed by atoms with Gasteiger partial charge in [0.25, 0.3) is 0 Å². The van der Waals surface area contributed by atoms with Gasteiger partial charge in [-0.3, -0.25) is 4.79 Å². The van der Waals surface area contributed by atoms with E-state index in [0.717, 1.165) is 43.2 Å². The van der Waals surface area contributed by atoms with Crippen LogP contribution in [0, 0.1) is 5.92 Å². The van der Waals surface area contributed by atoms with Crippen LogP contribution < -0.4 is 0 Å². The van der Waals surface area contributed by atoms with E-state index in [1.165, 1.54) is 16.7 Å². The Hall–Kier alpha value is -3.01. The Balaban J connectivity index is 1.75. The summed E-state index contributed by atoms with van der Waals surface area (Å²) >= 11 is 0. The second-order valence-corrected chi connectivity index (χ2v) is 8.45. The summed E-state index contributed by atoms with van der Waals surface area (Å²) in [6, 6.07) is 16.9. The highest BCUT2D eigenvalue weighted by atomic mass is 16.5. The first-order valence-electron chi connectivity index (χ1n) is 11.7. The maximum atomic E-state index is 12.3. The predicted octanol–water partition coefficient (Wildman–Crippen LogP) is 7.19. The third kappa shape index (κ3) is 6.03. The number of hydrogen-bond acceptors (Lipinski definition) is 4. The molecule has 0 fully saturated rings. The molecule has 0 spiro atoms. The highest BCUT2D eigenvalue weighted by Gasteiger charge is 2.19. The van der Waals surface area contributed by atoms with E-state index in [1.807, 2.05) is 19.9 Å². The summed E-state index contributed by atoms with van der Waals surface area (Å²) in [4.78, 5) is 21.5. The quantitative estimate of drug-likeness (QED) is 0.319. The molecule has 0 saturated carbocycles. The molecule has 2 atom stereocenters. The molecule has 1 aromatic heterocycles. The van der Waals surface area contributed by atoms with Crippen molar-refractivity contribution in [3.8, 4) is 22.5 Å². The third-order valence-electron chi connectivity index (χ3n) is 5.79. The van der Waals surface area contributed by atoms with Crippen LogP contribution >= 0.6 is 0 Å². The summed E-state index contributed by atoms with van der Waals surface area (Å²) in [5.74, 6) is 0.439. The molecule has 0 saturated heterocycles. The number of unbranched alkanes of at least 4 members (excludes halogenated alkanes) is 1. The van der Waals surface area contributed by atoms with Gasteiger partial charge in [0.15, 0.2) is 5.82 Å². The molecule has 0 N–H and O–H groups in total. The normalized spacial score (nSPS) is 12.9. The number of carbonyl (C=O) groups excluding carboxylic acids is 1. The van der Waals surface area contributed by atoms with Crippen LogP contribution in [0.2, 0.25) is 0 Å². The van der Waals surface area contributed by atoms with Crippen molar-refractivity contribution in [3.63, 3.8) is 0 Å². The molecule has 0 aliphatic rings. The Bertz CT molecular complexity index is 1000. The van der Waals surface area contributed by atoms with E-state index < -0.39 is 0 Å².